The van der Waals surface area contributed by atoms with Crippen molar-refractivity contribution in [2.75, 3.05) is 7.05 Å². The summed E-state index contributed by atoms with van der Waals surface area (Å²) in [6, 6.07) is -0.450. The lowest BCUT2D eigenvalue weighted by Crippen LogP contribution is -2.50. The van der Waals surface area contributed by atoms with Crippen molar-refractivity contribution in [3.8, 4) is 0 Å². The summed E-state index contributed by atoms with van der Waals surface area (Å²) in [6.07, 6.45) is 0. The van der Waals surface area contributed by atoms with Crippen LogP contribution in [0.15, 0.2) is 4.99 Å². The first-order valence-corrected chi connectivity index (χ1v) is 3.77. The van der Waals surface area contributed by atoms with Gasteiger partial charge in [0, 0.05) is 7.05 Å². The van der Waals surface area contributed by atoms with Gasteiger partial charge < -0.3 is 16.8 Å². The molecule has 0 aliphatic carbocycles. The van der Waals surface area contributed by atoms with Crippen LogP contribution in [-0.4, -0.2) is 25.0 Å². The molecule has 70 valence electrons. The van der Waals surface area contributed by atoms with Gasteiger partial charge in [-0.15, -0.1) is 0 Å². The lowest BCUT2D eigenvalue weighted by molar-refractivity contribution is -0.120. The fourth-order valence-corrected chi connectivity index (χ4v) is 0.790. The first-order valence-electron chi connectivity index (χ1n) is 3.77. The van der Waals surface area contributed by atoms with Gasteiger partial charge in [0.05, 0.1) is 0 Å². The molecular weight excluding hydrogens is 156 g/mol. The highest BCUT2D eigenvalue weighted by molar-refractivity contribution is 5.87. The number of primary amides is 1. The molecule has 0 fully saturated rings. The molecule has 0 saturated heterocycles. The molecule has 12 heavy (non-hydrogen) atoms. The van der Waals surface area contributed by atoms with Crippen molar-refractivity contribution in [1.29, 1.82) is 0 Å². The van der Waals surface area contributed by atoms with Gasteiger partial charge in [0.1, 0.15) is 6.04 Å². The monoisotopic (exact) mass is 172 g/mol. The van der Waals surface area contributed by atoms with Crippen LogP contribution in [0.2, 0.25) is 0 Å². The van der Waals surface area contributed by atoms with Crippen LogP contribution < -0.4 is 16.8 Å². The zero-order chi connectivity index (χ0) is 9.72. The van der Waals surface area contributed by atoms with Gasteiger partial charge in [-0.25, -0.2) is 0 Å². The van der Waals surface area contributed by atoms with E-state index in [1.54, 1.807) is 7.05 Å². The number of carbonyl (C=O) groups excluding carboxylic acids is 1. The normalized spacial score (nSPS) is 14.5. The highest BCUT2D eigenvalue weighted by atomic mass is 16.1. The third-order valence-corrected chi connectivity index (χ3v) is 1.52. The summed E-state index contributed by atoms with van der Waals surface area (Å²) in [6.45, 7) is 3.76. The molecular formula is C7H16N4O. The maximum atomic E-state index is 10.8. The van der Waals surface area contributed by atoms with Crippen molar-refractivity contribution in [3.63, 3.8) is 0 Å². The number of rotatable bonds is 3. The first kappa shape index (κ1) is 10.7. The Bertz CT molecular complexity index is 188. The molecule has 1 atom stereocenters. The second-order valence-electron chi connectivity index (χ2n) is 2.88. The van der Waals surface area contributed by atoms with Crippen molar-refractivity contribution < 1.29 is 4.79 Å². The zero-order valence-corrected chi connectivity index (χ0v) is 7.66. The van der Waals surface area contributed by atoms with Gasteiger partial charge in [0.2, 0.25) is 5.91 Å². The SMILES string of the molecule is CN=C(N)NC(C(N)=O)C(C)C. The Balaban J connectivity index is 4.24. The molecule has 0 radical (unpaired) electrons. The summed E-state index contributed by atoms with van der Waals surface area (Å²) in [5.74, 6) is -0.0908. The number of hydrogen-bond acceptors (Lipinski definition) is 2. The van der Waals surface area contributed by atoms with Gasteiger partial charge in [0.15, 0.2) is 5.96 Å². The van der Waals surface area contributed by atoms with E-state index in [1.165, 1.54) is 0 Å². The number of nitrogens with one attached hydrogen (secondary N) is 1. The largest absolute Gasteiger partial charge is 0.370 e. The van der Waals surface area contributed by atoms with Gasteiger partial charge >= 0.3 is 0 Å². The summed E-state index contributed by atoms with van der Waals surface area (Å²) < 4.78 is 0. The van der Waals surface area contributed by atoms with Gasteiger partial charge in [0.25, 0.3) is 0 Å². The maximum Gasteiger partial charge on any atom is 0.240 e. The molecule has 1 unspecified atom stereocenters. The minimum absolute atomic E-state index is 0.0998. The average Bonchev–Trinajstić information content (AvgIpc) is 1.98. The van der Waals surface area contributed by atoms with Crippen molar-refractivity contribution in [1.82, 2.24) is 5.32 Å². The quantitative estimate of drug-likeness (QED) is 0.377. The Hall–Kier alpha value is -1.26. The fraction of sp³-hybridized carbons (Fsp3) is 0.714. The van der Waals surface area contributed by atoms with Crippen LogP contribution >= 0.6 is 0 Å². The second kappa shape index (κ2) is 4.58. The van der Waals surface area contributed by atoms with E-state index in [4.69, 9.17) is 11.5 Å². The summed E-state index contributed by atoms with van der Waals surface area (Å²) >= 11 is 0. The number of hydrogen-bond donors (Lipinski definition) is 3. The molecule has 5 heteroatoms. The number of guanidine groups is 1. The Morgan fingerprint density at radius 1 is 1.42 bits per heavy atom. The molecule has 0 heterocycles. The third-order valence-electron chi connectivity index (χ3n) is 1.52. The molecule has 0 bridgehead atoms. The molecule has 0 rings (SSSR count). The number of nitrogens with two attached hydrogens (primary N) is 2. The van der Waals surface area contributed by atoms with Gasteiger partial charge in [-0.2, -0.15) is 0 Å². The molecule has 0 aromatic carbocycles. The van der Waals surface area contributed by atoms with E-state index in [2.05, 4.69) is 10.3 Å². The molecule has 0 aromatic rings. The predicted molar refractivity (Wildman–Crippen MR) is 48.5 cm³/mol. The van der Waals surface area contributed by atoms with Crippen LogP contribution in [0.5, 0.6) is 0 Å². The van der Waals surface area contributed by atoms with Crippen molar-refractivity contribution in [2.24, 2.45) is 22.4 Å². The molecule has 0 saturated carbocycles. The predicted octanol–water partition coefficient (Wildman–Crippen LogP) is -0.970. The average molecular weight is 172 g/mol. The molecule has 1 amide bonds. The highest BCUT2D eigenvalue weighted by Crippen LogP contribution is 1.99. The van der Waals surface area contributed by atoms with Crippen LogP contribution in [-0.2, 0) is 4.79 Å². The topological polar surface area (TPSA) is 93.5 Å². The van der Waals surface area contributed by atoms with Crippen LogP contribution in [0.3, 0.4) is 0 Å². The highest BCUT2D eigenvalue weighted by Gasteiger charge is 2.19. The van der Waals surface area contributed by atoms with E-state index < -0.39 is 11.9 Å². The number of carbonyl (C=O) groups is 1. The Morgan fingerprint density at radius 2 is 1.92 bits per heavy atom. The smallest absolute Gasteiger partial charge is 0.240 e. The number of aliphatic imine (C=N–C) groups is 1. The summed E-state index contributed by atoms with van der Waals surface area (Å²) in [7, 11) is 1.54. The minimum atomic E-state index is -0.450. The van der Waals surface area contributed by atoms with E-state index in [-0.39, 0.29) is 11.9 Å². The van der Waals surface area contributed by atoms with E-state index in [1.807, 2.05) is 13.8 Å². The van der Waals surface area contributed by atoms with Crippen LogP contribution in [0.1, 0.15) is 13.8 Å². The second-order valence-corrected chi connectivity index (χ2v) is 2.88. The van der Waals surface area contributed by atoms with Gasteiger partial charge in [-0.3, -0.25) is 9.79 Å². The molecule has 5 N–H and O–H groups in total. The van der Waals surface area contributed by atoms with Gasteiger partial charge in [-0.1, -0.05) is 13.8 Å². The molecule has 0 aromatic heterocycles. The van der Waals surface area contributed by atoms with Crippen LogP contribution in [0.25, 0.3) is 0 Å². The summed E-state index contributed by atoms with van der Waals surface area (Å²) in [5.41, 5.74) is 10.5. The standard InChI is InChI=1S/C7H16N4O/c1-4(2)5(6(8)12)11-7(9)10-3/h4-5H,1-3H3,(H2,8,12)(H3,9,10,11). The molecule has 0 aliphatic rings. The van der Waals surface area contributed by atoms with Crippen molar-refractivity contribution in [3.05, 3.63) is 0 Å². The maximum absolute atomic E-state index is 10.8. The molecule has 5 nitrogen and oxygen atoms in total. The Labute approximate surface area is 72.2 Å². The lowest BCUT2D eigenvalue weighted by Gasteiger charge is -2.18. The first-order chi connectivity index (χ1) is 5.49. The summed E-state index contributed by atoms with van der Waals surface area (Å²) in [5, 5.41) is 2.72. The number of amides is 1. The van der Waals surface area contributed by atoms with E-state index in [9.17, 15) is 4.79 Å². The Kier molecular flexibility index (Phi) is 4.10. The molecule has 0 aliphatic heterocycles. The fourth-order valence-electron chi connectivity index (χ4n) is 0.790. The van der Waals surface area contributed by atoms with E-state index >= 15 is 0 Å². The van der Waals surface area contributed by atoms with Crippen molar-refractivity contribution in [2.45, 2.75) is 19.9 Å². The van der Waals surface area contributed by atoms with E-state index in [0.29, 0.717) is 0 Å². The lowest BCUT2D eigenvalue weighted by atomic mass is 10.0. The summed E-state index contributed by atoms with van der Waals surface area (Å²) in [4.78, 5) is 14.5. The van der Waals surface area contributed by atoms with Crippen LogP contribution in [0, 0.1) is 5.92 Å². The van der Waals surface area contributed by atoms with Crippen LogP contribution in [0.4, 0.5) is 0 Å². The zero-order valence-electron chi connectivity index (χ0n) is 7.66. The van der Waals surface area contributed by atoms with Crippen molar-refractivity contribution >= 4 is 11.9 Å². The third kappa shape index (κ3) is 3.23. The van der Waals surface area contributed by atoms with E-state index in [0.717, 1.165) is 0 Å². The number of nitrogens with zero attached hydrogens (tertiary/aromatic N) is 1. The Morgan fingerprint density at radius 3 is 2.17 bits per heavy atom. The van der Waals surface area contributed by atoms with Gasteiger partial charge in [-0.05, 0) is 5.92 Å². The minimum Gasteiger partial charge on any atom is -0.370 e. The molecule has 0 spiro atoms.